The van der Waals surface area contributed by atoms with Gasteiger partial charge in [-0.15, -0.1) is 0 Å². The first-order valence-corrected chi connectivity index (χ1v) is 4.67. The summed E-state index contributed by atoms with van der Waals surface area (Å²) in [6.45, 7) is 0. The van der Waals surface area contributed by atoms with E-state index < -0.39 is 18.4 Å². The van der Waals surface area contributed by atoms with Crippen LogP contribution >= 0.6 is 0 Å². The van der Waals surface area contributed by atoms with Gasteiger partial charge in [0.15, 0.2) is 0 Å². The Labute approximate surface area is 94.8 Å². The van der Waals surface area contributed by atoms with E-state index in [-0.39, 0.29) is 0 Å². The minimum Gasteiger partial charge on any atom is -0.322 e. The van der Waals surface area contributed by atoms with Crippen LogP contribution in [0, 0.1) is 0 Å². The molecule has 2 atom stereocenters. The summed E-state index contributed by atoms with van der Waals surface area (Å²) < 4.78 is 46.8. The summed E-state index contributed by atoms with van der Waals surface area (Å²) in [5.41, 5.74) is 0.399. The molecule has 0 radical (unpaired) electrons. The zero-order valence-electron chi connectivity index (χ0n) is 8.73. The van der Waals surface area contributed by atoms with Crippen molar-refractivity contribution in [1.82, 2.24) is 0 Å². The highest BCUT2D eigenvalue weighted by Gasteiger charge is 2.65. The first kappa shape index (κ1) is 12.3. The van der Waals surface area contributed by atoms with Crippen molar-refractivity contribution in [2.45, 2.75) is 18.4 Å². The molecular weight excluding hydrogens is 241 g/mol. The van der Waals surface area contributed by atoms with Crippen LogP contribution in [0.15, 0.2) is 30.3 Å². The summed E-state index contributed by atoms with van der Waals surface area (Å²) in [6, 6.07) is 8.10. The molecule has 0 saturated carbocycles. The Kier molecular flexibility index (Phi) is 3.09. The fourth-order valence-electron chi connectivity index (χ4n) is 1.33. The molecule has 17 heavy (non-hydrogen) atoms. The van der Waals surface area contributed by atoms with Gasteiger partial charge >= 0.3 is 12.1 Å². The summed E-state index contributed by atoms with van der Waals surface area (Å²) in [6.07, 6.45) is -6.14. The molecule has 2 rings (SSSR count). The summed E-state index contributed by atoms with van der Waals surface area (Å²) in [5, 5.41) is 0. The molecule has 1 aliphatic rings. The molecule has 2 unspecified atom stereocenters. The summed E-state index contributed by atoms with van der Waals surface area (Å²) >= 11 is 0. The second-order valence-electron chi connectivity index (χ2n) is 3.30. The van der Waals surface area contributed by atoms with Crippen LogP contribution < -0.4 is 0 Å². The third-order valence-electron chi connectivity index (χ3n) is 2.20. The van der Waals surface area contributed by atoms with Crippen molar-refractivity contribution in [2.75, 3.05) is 7.11 Å². The van der Waals surface area contributed by atoms with E-state index in [1.165, 1.54) is 0 Å². The number of benzene rings is 1. The Morgan fingerprint density at radius 3 is 2.35 bits per heavy atom. The zero-order valence-corrected chi connectivity index (χ0v) is 8.73. The van der Waals surface area contributed by atoms with E-state index in [4.69, 9.17) is 0 Å². The molecule has 94 valence electrons. The first-order chi connectivity index (χ1) is 7.98. The molecule has 0 bridgehead atoms. The van der Waals surface area contributed by atoms with Crippen molar-refractivity contribution in [1.29, 1.82) is 0 Å². The molecule has 1 saturated heterocycles. The van der Waals surface area contributed by atoms with Crippen LogP contribution in [0.1, 0.15) is 11.9 Å². The van der Waals surface area contributed by atoms with Gasteiger partial charge in [-0.25, -0.2) is 0 Å². The van der Waals surface area contributed by atoms with Crippen LogP contribution in [-0.4, -0.2) is 19.3 Å². The van der Waals surface area contributed by atoms with Gasteiger partial charge in [-0.05, 0) is 0 Å². The summed E-state index contributed by atoms with van der Waals surface area (Å²) in [5.74, 6) is -3.17. The fraction of sp³-hybridized carbons (Fsp3) is 0.400. The number of ether oxygens (including phenoxy) is 2. The molecule has 0 aromatic heterocycles. The average molecular weight is 250 g/mol. The second-order valence-corrected chi connectivity index (χ2v) is 3.30. The van der Waals surface area contributed by atoms with E-state index in [2.05, 4.69) is 19.2 Å². The first-order valence-electron chi connectivity index (χ1n) is 4.67. The van der Waals surface area contributed by atoms with Gasteiger partial charge < -0.3 is 4.74 Å². The lowest BCUT2D eigenvalue weighted by Crippen LogP contribution is -2.47. The number of methoxy groups -OCH3 is 1. The standard InChI is InChI=1S/C10H9F3O4/c1-14-10(9(11,12)13)15-8(16-17-10)7-5-3-2-4-6-7/h2-6,8H,1H3. The number of rotatable bonds is 2. The largest absolute Gasteiger partial charge is 0.475 e. The minimum atomic E-state index is -4.86. The van der Waals surface area contributed by atoms with Crippen LogP contribution in [0.3, 0.4) is 0 Å². The fourth-order valence-corrected chi connectivity index (χ4v) is 1.33. The Morgan fingerprint density at radius 1 is 1.24 bits per heavy atom. The summed E-state index contributed by atoms with van der Waals surface area (Å²) in [4.78, 5) is 8.66. The van der Waals surface area contributed by atoms with Crippen molar-refractivity contribution in [2.24, 2.45) is 0 Å². The van der Waals surface area contributed by atoms with Crippen LogP contribution in [0.5, 0.6) is 0 Å². The Morgan fingerprint density at radius 2 is 1.88 bits per heavy atom. The molecule has 1 heterocycles. The van der Waals surface area contributed by atoms with E-state index in [1.807, 2.05) is 0 Å². The lowest BCUT2D eigenvalue weighted by molar-refractivity contribution is -0.491. The summed E-state index contributed by atoms with van der Waals surface area (Å²) in [7, 11) is 0.824. The minimum absolute atomic E-state index is 0.399. The third kappa shape index (κ3) is 2.14. The molecule has 0 amide bonds. The SMILES string of the molecule is COC1(C(F)(F)F)OOC(c2ccccc2)O1. The molecule has 0 aliphatic carbocycles. The maximum Gasteiger partial charge on any atom is 0.475 e. The highest BCUT2D eigenvalue weighted by atomic mass is 19.4. The van der Waals surface area contributed by atoms with Gasteiger partial charge in [0.05, 0.1) is 0 Å². The molecule has 7 heteroatoms. The maximum atomic E-state index is 12.7. The number of halogens is 3. The molecule has 1 aromatic carbocycles. The molecule has 1 aromatic rings. The van der Waals surface area contributed by atoms with E-state index in [0.29, 0.717) is 5.56 Å². The van der Waals surface area contributed by atoms with Gasteiger partial charge in [0.1, 0.15) is 0 Å². The van der Waals surface area contributed by atoms with Crippen molar-refractivity contribution in [3.63, 3.8) is 0 Å². The average Bonchev–Trinajstić information content (AvgIpc) is 2.75. The monoisotopic (exact) mass is 250 g/mol. The van der Waals surface area contributed by atoms with Gasteiger partial charge in [0.2, 0.25) is 6.29 Å². The van der Waals surface area contributed by atoms with Crippen LogP contribution in [0.4, 0.5) is 13.2 Å². The van der Waals surface area contributed by atoms with Gasteiger partial charge in [-0.1, -0.05) is 30.3 Å². The molecule has 1 fully saturated rings. The maximum absolute atomic E-state index is 12.7. The lowest BCUT2D eigenvalue weighted by atomic mass is 10.2. The molecule has 0 spiro atoms. The molecule has 1 aliphatic heterocycles. The second kappa shape index (κ2) is 4.26. The zero-order chi connectivity index (χ0) is 12.5. The predicted molar refractivity (Wildman–Crippen MR) is 48.2 cm³/mol. The van der Waals surface area contributed by atoms with Crippen molar-refractivity contribution < 1.29 is 32.4 Å². The molecule has 4 nitrogen and oxygen atoms in total. The van der Waals surface area contributed by atoms with Gasteiger partial charge in [-0.2, -0.15) is 22.9 Å². The van der Waals surface area contributed by atoms with Gasteiger partial charge in [0.25, 0.3) is 0 Å². The van der Waals surface area contributed by atoms with Crippen molar-refractivity contribution >= 4 is 0 Å². The normalized spacial score (nSPS) is 29.5. The van der Waals surface area contributed by atoms with Gasteiger partial charge in [0, 0.05) is 12.7 Å². The Hall–Kier alpha value is -1.15. The van der Waals surface area contributed by atoms with Crippen LogP contribution in [0.25, 0.3) is 0 Å². The number of alkyl halides is 3. The third-order valence-corrected chi connectivity index (χ3v) is 2.20. The highest BCUT2D eigenvalue weighted by Crippen LogP contribution is 2.44. The highest BCUT2D eigenvalue weighted by molar-refractivity contribution is 5.16. The van der Waals surface area contributed by atoms with Crippen molar-refractivity contribution in [3.8, 4) is 0 Å². The smallest absolute Gasteiger partial charge is 0.322 e. The Bertz CT molecular complexity index is 381. The van der Waals surface area contributed by atoms with E-state index in [0.717, 1.165) is 7.11 Å². The van der Waals surface area contributed by atoms with Gasteiger partial charge in [-0.3, -0.25) is 4.74 Å². The number of hydrogen-bond acceptors (Lipinski definition) is 4. The topological polar surface area (TPSA) is 36.9 Å². The van der Waals surface area contributed by atoms with Crippen molar-refractivity contribution in [3.05, 3.63) is 35.9 Å². The quantitative estimate of drug-likeness (QED) is 0.756. The predicted octanol–water partition coefficient (Wildman–Crippen LogP) is 2.53. The van der Waals surface area contributed by atoms with E-state index in [1.54, 1.807) is 30.3 Å². The van der Waals surface area contributed by atoms with Crippen LogP contribution in [0.2, 0.25) is 0 Å². The van der Waals surface area contributed by atoms with E-state index >= 15 is 0 Å². The Balaban J connectivity index is 2.19. The molecule has 0 N–H and O–H groups in total. The number of hydrogen-bond donors (Lipinski definition) is 0. The van der Waals surface area contributed by atoms with E-state index in [9.17, 15) is 13.2 Å². The lowest BCUT2D eigenvalue weighted by Gasteiger charge is -2.24. The molecular formula is C10H9F3O4. The van der Waals surface area contributed by atoms with Crippen LogP contribution in [-0.2, 0) is 19.2 Å².